The van der Waals surface area contributed by atoms with E-state index in [0.717, 1.165) is 42.0 Å². The first kappa shape index (κ1) is 12.0. The zero-order chi connectivity index (χ0) is 13.2. The van der Waals surface area contributed by atoms with Gasteiger partial charge in [-0.15, -0.1) is 0 Å². The standard InChI is InChI=1S/C14H16N2O3/c1-17-10-6-3-2-5-9(10)12-13(16-19-14(12)15)11-7-4-8-18-11/h2-3,5-6,11H,4,7-8,15H2,1H3. The maximum Gasteiger partial charge on any atom is 0.230 e. The normalized spacial score (nSPS) is 18.7. The highest BCUT2D eigenvalue weighted by molar-refractivity contribution is 5.79. The van der Waals surface area contributed by atoms with Gasteiger partial charge in [0.05, 0.1) is 12.7 Å². The van der Waals surface area contributed by atoms with Gasteiger partial charge >= 0.3 is 0 Å². The molecule has 1 saturated heterocycles. The monoisotopic (exact) mass is 260 g/mol. The summed E-state index contributed by atoms with van der Waals surface area (Å²) in [6.45, 7) is 0.753. The fraction of sp³-hybridized carbons (Fsp3) is 0.357. The highest BCUT2D eigenvalue weighted by Gasteiger charge is 2.28. The number of rotatable bonds is 3. The number of methoxy groups -OCH3 is 1. The Morgan fingerprint density at radius 2 is 2.21 bits per heavy atom. The third kappa shape index (κ3) is 2.06. The summed E-state index contributed by atoms with van der Waals surface area (Å²) in [7, 11) is 1.63. The van der Waals surface area contributed by atoms with Crippen LogP contribution in [0, 0.1) is 0 Å². The van der Waals surface area contributed by atoms with Crippen molar-refractivity contribution in [3.05, 3.63) is 30.0 Å². The van der Waals surface area contributed by atoms with Crippen molar-refractivity contribution in [3.8, 4) is 16.9 Å². The molecule has 1 aromatic carbocycles. The molecule has 3 rings (SSSR count). The first-order chi connectivity index (χ1) is 9.31. The van der Waals surface area contributed by atoms with E-state index in [4.69, 9.17) is 19.7 Å². The number of nitrogen functional groups attached to an aromatic ring is 1. The molecule has 2 aromatic rings. The smallest absolute Gasteiger partial charge is 0.230 e. The number of benzene rings is 1. The van der Waals surface area contributed by atoms with Crippen LogP contribution in [0.1, 0.15) is 24.6 Å². The number of anilines is 1. The molecule has 100 valence electrons. The van der Waals surface area contributed by atoms with Gasteiger partial charge in [0.2, 0.25) is 5.88 Å². The molecule has 5 nitrogen and oxygen atoms in total. The van der Waals surface area contributed by atoms with Crippen LogP contribution in [0.25, 0.3) is 11.1 Å². The van der Waals surface area contributed by atoms with Crippen LogP contribution in [0.5, 0.6) is 5.75 Å². The van der Waals surface area contributed by atoms with E-state index in [2.05, 4.69) is 5.16 Å². The molecule has 5 heteroatoms. The van der Waals surface area contributed by atoms with E-state index < -0.39 is 0 Å². The average molecular weight is 260 g/mol. The van der Waals surface area contributed by atoms with Crippen LogP contribution in [0.4, 0.5) is 5.88 Å². The third-order valence-electron chi connectivity index (χ3n) is 3.36. The minimum absolute atomic E-state index is 0.0408. The minimum Gasteiger partial charge on any atom is -0.496 e. The zero-order valence-electron chi connectivity index (χ0n) is 10.8. The van der Waals surface area contributed by atoms with Gasteiger partial charge in [-0.3, -0.25) is 0 Å². The van der Waals surface area contributed by atoms with Crippen LogP contribution >= 0.6 is 0 Å². The minimum atomic E-state index is -0.0408. The first-order valence-electron chi connectivity index (χ1n) is 6.31. The zero-order valence-corrected chi connectivity index (χ0v) is 10.8. The molecule has 0 radical (unpaired) electrons. The number of nitrogens with two attached hydrogens (primary N) is 1. The van der Waals surface area contributed by atoms with Crippen molar-refractivity contribution >= 4 is 5.88 Å². The number of aromatic nitrogens is 1. The van der Waals surface area contributed by atoms with Crippen LogP contribution in [0.3, 0.4) is 0 Å². The van der Waals surface area contributed by atoms with E-state index in [1.165, 1.54) is 0 Å². The molecule has 1 aliphatic rings. The van der Waals surface area contributed by atoms with E-state index in [9.17, 15) is 0 Å². The molecule has 1 atom stereocenters. The maximum absolute atomic E-state index is 5.92. The molecule has 1 aliphatic heterocycles. The molecule has 0 aliphatic carbocycles. The summed E-state index contributed by atoms with van der Waals surface area (Å²) in [4.78, 5) is 0. The second-order valence-corrected chi connectivity index (χ2v) is 4.51. The summed E-state index contributed by atoms with van der Waals surface area (Å²) < 4.78 is 16.2. The lowest BCUT2D eigenvalue weighted by molar-refractivity contribution is 0.106. The second kappa shape index (κ2) is 4.93. The Balaban J connectivity index is 2.11. The van der Waals surface area contributed by atoms with Crippen LogP contribution in [-0.4, -0.2) is 18.9 Å². The van der Waals surface area contributed by atoms with E-state index in [0.29, 0.717) is 5.88 Å². The number of para-hydroxylation sites is 1. The fourth-order valence-electron chi connectivity index (χ4n) is 2.45. The van der Waals surface area contributed by atoms with Gasteiger partial charge in [-0.2, -0.15) is 0 Å². The van der Waals surface area contributed by atoms with E-state index in [1.54, 1.807) is 7.11 Å². The van der Waals surface area contributed by atoms with E-state index >= 15 is 0 Å². The van der Waals surface area contributed by atoms with Crippen molar-refractivity contribution in [3.63, 3.8) is 0 Å². The van der Waals surface area contributed by atoms with Gasteiger partial charge in [-0.1, -0.05) is 23.4 Å². The number of hydrogen-bond donors (Lipinski definition) is 1. The molecule has 0 amide bonds. The predicted octanol–water partition coefficient (Wildman–Crippen LogP) is 2.78. The molecular formula is C14H16N2O3. The molecule has 1 unspecified atom stereocenters. The second-order valence-electron chi connectivity index (χ2n) is 4.51. The molecule has 1 fully saturated rings. The summed E-state index contributed by atoms with van der Waals surface area (Å²) >= 11 is 0. The van der Waals surface area contributed by atoms with Crippen molar-refractivity contribution < 1.29 is 14.0 Å². The van der Waals surface area contributed by atoms with Gasteiger partial charge in [0, 0.05) is 12.2 Å². The summed E-state index contributed by atoms with van der Waals surface area (Å²) in [6.07, 6.45) is 1.93. The Hall–Kier alpha value is -2.01. The topological polar surface area (TPSA) is 70.5 Å². The number of ether oxygens (including phenoxy) is 2. The average Bonchev–Trinajstić information content (AvgIpc) is 3.07. The Labute approximate surface area is 111 Å². The van der Waals surface area contributed by atoms with Crippen molar-refractivity contribution in [1.29, 1.82) is 0 Å². The Morgan fingerprint density at radius 1 is 1.37 bits per heavy atom. The van der Waals surface area contributed by atoms with Gasteiger partial charge in [-0.25, -0.2) is 0 Å². The maximum atomic E-state index is 5.92. The van der Waals surface area contributed by atoms with E-state index in [1.807, 2.05) is 24.3 Å². The lowest BCUT2D eigenvalue weighted by Gasteiger charge is -2.11. The fourth-order valence-corrected chi connectivity index (χ4v) is 2.45. The lowest BCUT2D eigenvalue weighted by atomic mass is 10.0. The molecule has 19 heavy (non-hydrogen) atoms. The molecule has 2 N–H and O–H groups in total. The van der Waals surface area contributed by atoms with Crippen molar-refractivity contribution in [2.24, 2.45) is 0 Å². The van der Waals surface area contributed by atoms with Gasteiger partial charge in [0.15, 0.2) is 0 Å². The van der Waals surface area contributed by atoms with Gasteiger partial charge < -0.3 is 19.7 Å². The van der Waals surface area contributed by atoms with Gasteiger partial charge in [0.1, 0.15) is 17.5 Å². The molecule has 0 bridgehead atoms. The van der Waals surface area contributed by atoms with Crippen LogP contribution < -0.4 is 10.5 Å². The number of hydrogen-bond acceptors (Lipinski definition) is 5. The summed E-state index contributed by atoms with van der Waals surface area (Å²) in [5.74, 6) is 1.05. The van der Waals surface area contributed by atoms with E-state index in [-0.39, 0.29) is 6.10 Å². The lowest BCUT2D eigenvalue weighted by Crippen LogP contribution is -2.00. The molecule has 1 aromatic heterocycles. The highest BCUT2D eigenvalue weighted by Crippen LogP contribution is 2.41. The quantitative estimate of drug-likeness (QED) is 0.918. The Morgan fingerprint density at radius 3 is 2.95 bits per heavy atom. The summed E-state index contributed by atoms with van der Waals surface area (Å²) in [5, 5.41) is 4.07. The molecule has 2 heterocycles. The number of nitrogens with zero attached hydrogens (tertiary/aromatic N) is 1. The van der Waals surface area contributed by atoms with Crippen LogP contribution in [0.2, 0.25) is 0 Å². The largest absolute Gasteiger partial charge is 0.496 e. The van der Waals surface area contributed by atoms with Crippen LogP contribution in [0.15, 0.2) is 28.8 Å². The third-order valence-corrected chi connectivity index (χ3v) is 3.36. The van der Waals surface area contributed by atoms with Crippen molar-refractivity contribution in [2.75, 3.05) is 19.5 Å². The molecular weight excluding hydrogens is 244 g/mol. The summed E-state index contributed by atoms with van der Waals surface area (Å²) in [5.41, 5.74) is 8.35. The molecule has 0 spiro atoms. The highest BCUT2D eigenvalue weighted by atomic mass is 16.5. The summed E-state index contributed by atoms with van der Waals surface area (Å²) in [6, 6.07) is 7.68. The van der Waals surface area contributed by atoms with Crippen LogP contribution in [-0.2, 0) is 4.74 Å². The predicted molar refractivity (Wildman–Crippen MR) is 70.8 cm³/mol. The Kier molecular flexibility index (Phi) is 3.13. The first-order valence-corrected chi connectivity index (χ1v) is 6.31. The van der Waals surface area contributed by atoms with Gasteiger partial charge in [-0.05, 0) is 18.9 Å². The van der Waals surface area contributed by atoms with Crippen molar-refractivity contribution in [2.45, 2.75) is 18.9 Å². The van der Waals surface area contributed by atoms with Crippen molar-refractivity contribution in [1.82, 2.24) is 5.16 Å². The SMILES string of the molecule is COc1ccccc1-c1c(C2CCCO2)noc1N. The van der Waals surface area contributed by atoms with Gasteiger partial charge in [0.25, 0.3) is 0 Å². The Bertz CT molecular complexity index is 574. The molecule has 0 saturated carbocycles.